The van der Waals surface area contributed by atoms with Crippen LogP contribution in [0.5, 0.6) is 0 Å². The van der Waals surface area contributed by atoms with Gasteiger partial charge in [-0.05, 0) is 24.1 Å². The number of rotatable bonds is 5. The van der Waals surface area contributed by atoms with Gasteiger partial charge in [-0.1, -0.05) is 13.8 Å². The van der Waals surface area contributed by atoms with E-state index in [0.717, 1.165) is 12.2 Å². The van der Waals surface area contributed by atoms with Crippen molar-refractivity contribution in [2.75, 3.05) is 25.0 Å². The molecule has 3 rings (SSSR count). The van der Waals surface area contributed by atoms with Gasteiger partial charge >= 0.3 is 6.18 Å². The molecule has 28 heavy (non-hydrogen) atoms. The Kier molecular flexibility index (Phi) is 5.99. The fraction of sp³-hybridized carbons (Fsp3) is 0.500. The summed E-state index contributed by atoms with van der Waals surface area (Å²) in [5.74, 6) is -0.778. The number of halogens is 3. The molecule has 0 radical (unpaired) electrons. The van der Waals surface area contributed by atoms with E-state index in [4.69, 9.17) is 4.74 Å². The molecule has 1 aliphatic rings. The van der Waals surface area contributed by atoms with Crippen molar-refractivity contribution in [3.8, 4) is 0 Å². The van der Waals surface area contributed by atoms with Gasteiger partial charge in [0.1, 0.15) is 18.3 Å². The van der Waals surface area contributed by atoms with Gasteiger partial charge in [-0.3, -0.25) is 14.5 Å². The summed E-state index contributed by atoms with van der Waals surface area (Å²) in [5.41, 5.74) is 1.37. The summed E-state index contributed by atoms with van der Waals surface area (Å²) in [4.78, 5) is 16.8. The van der Waals surface area contributed by atoms with Crippen molar-refractivity contribution in [1.82, 2.24) is 20.1 Å². The molecule has 0 spiro atoms. The van der Waals surface area contributed by atoms with Crippen molar-refractivity contribution in [2.24, 2.45) is 0 Å². The van der Waals surface area contributed by atoms with Gasteiger partial charge in [-0.2, -0.15) is 18.3 Å². The summed E-state index contributed by atoms with van der Waals surface area (Å²) in [5, 5.41) is 9.71. The van der Waals surface area contributed by atoms with E-state index in [1.54, 1.807) is 26.0 Å². The number of aromatic nitrogens is 3. The highest BCUT2D eigenvalue weighted by molar-refractivity contribution is 6.03. The number of ether oxygens (including phenoxy) is 1. The van der Waals surface area contributed by atoms with Crippen LogP contribution >= 0.6 is 0 Å². The van der Waals surface area contributed by atoms with Crippen LogP contribution in [0.2, 0.25) is 0 Å². The zero-order valence-corrected chi connectivity index (χ0v) is 15.6. The number of amides is 1. The zero-order valence-electron chi connectivity index (χ0n) is 15.6. The largest absolute Gasteiger partial charge is 0.408 e. The average molecular weight is 397 g/mol. The third-order valence-electron chi connectivity index (χ3n) is 4.25. The number of morpholine rings is 1. The number of hydrogen-bond donors (Lipinski definition) is 2. The minimum absolute atomic E-state index is 0.105. The molecule has 3 heterocycles. The van der Waals surface area contributed by atoms with Crippen LogP contribution < -0.4 is 10.6 Å². The van der Waals surface area contributed by atoms with Gasteiger partial charge in [-0.25, -0.2) is 0 Å². The Morgan fingerprint density at radius 2 is 2.21 bits per heavy atom. The van der Waals surface area contributed by atoms with Crippen molar-refractivity contribution in [3.63, 3.8) is 0 Å². The zero-order chi connectivity index (χ0) is 20.3. The molecule has 1 atom stereocenters. The molecule has 2 N–H and O–H groups in total. The Labute approximate surface area is 160 Å². The lowest BCUT2D eigenvalue weighted by atomic mass is 10.1. The van der Waals surface area contributed by atoms with Gasteiger partial charge in [0.2, 0.25) is 0 Å². The minimum atomic E-state index is -4.48. The second kappa shape index (κ2) is 8.27. The van der Waals surface area contributed by atoms with Gasteiger partial charge < -0.3 is 15.4 Å². The molecule has 2 aromatic heterocycles. The van der Waals surface area contributed by atoms with Gasteiger partial charge in [0, 0.05) is 13.1 Å². The van der Waals surface area contributed by atoms with Crippen LogP contribution in [-0.2, 0) is 11.3 Å². The van der Waals surface area contributed by atoms with Gasteiger partial charge in [0.05, 0.1) is 29.9 Å². The number of alkyl halides is 3. The van der Waals surface area contributed by atoms with Crippen molar-refractivity contribution >= 4 is 11.6 Å². The van der Waals surface area contributed by atoms with E-state index in [0.29, 0.717) is 29.2 Å². The van der Waals surface area contributed by atoms with Crippen LogP contribution in [0.4, 0.5) is 18.9 Å². The van der Waals surface area contributed by atoms with E-state index in [1.165, 1.54) is 12.3 Å². The van der Waals surface area contributed by atoms with Crippen LogP contribution in [0, 0.1) is 0 Å². The molecule has 1 fully saturated rings. The van der Waals surface area contributed by atoms with Crippen LogP contribution in [-0.4, -0.2) is 46.5 Å². The summed E-state index contributed by atoms with van der Waals surface area (Å²) >= 11 is 0. The lowest BCUT2D eigenvalue weighted by molar-refractivity contribution is -0.142. The molecule has 152 valence electrons. The first kappa shape index (κ1) is 20.3. The van der Waals surface area contributed by atoms with E-state index < -0.39 is 18.6 Å². The first-order valence-corrected chi connectivity index (χ1v) is 8.97. The fourth-order valence-corrected chi connectivity index (χ4v) is 2.81. The fourth-order valence-electron chi connectivity index (χ4n) is 2.81. The third kappa shape index (κ3) is 5.08. The number of hydrogen-bond acceptors (Lipinski definition) is 5. The summed E-state index contributed by atoms with van der Waals surface area (Å²) in [6.45, 7) is 4.29. The van der Waals surface area contributed by atoms with E-state index in [-0.39, 0.29) is 17.7 Å². The Morgan fingerprint density at radius 3 is 2.79 bits per heavy atom. The first-order valence-electron chi connectivity index (χ1n) is 8.97. The molecule has 2 aromatic rings. The molecule has 10 heteroatoms. The van der Waals surface area contributed by atoms with Crippen molar-refractivity contribution in [3.05, 3.63) is 41.5 Å². The maximum absolute atomic E-state index is 12.8. The topological polar surface area (TPSA) is 81.1 Å². The Morgan fingerprint density at radius 1 is 1.43 bits per heavy atom. The number of anilines is 1. The standard InChI is InChI=1S/C18H22F3N5O2/c1-11(2)14-7-15(26(25-14)10-18(19,20)21)17(27)24-12-3-4-13(23-8-12)16-9-22-5-6-28-16/h3-4,7-8,11,16,22H,5-6,9-10H2,1-2H3,(H,24,27)/t16-/m0/s1. The molecule has 0 bridgehead atoms. The Hall–Kier alpha value is -2.46. The third-order valence-corrected chi connectivity index (χ3v) is 4.25. The summed E-state index contributed by atoms with van der Waals surface area (Å²) in [6, 6.07) is 4.75. The Balaban J connectivity index is 1.75. The van der Waals surface area contributed by atoms with Crippen molar-refractivity contribution in [1.29, 1.82) is 0 Å². The first-order chi connectivity index (χ1) is 13.2. The molecule has 0 saturated carbocycles. The van der Waals surface area contributed by atoms with Gasteiger partial charge in [0.25, 0.3) is 5.91 Å². The highest BCUT2D eigenvalue weighted by atomic mass is 19.4. The lowest BCUT2D eigenvalue weighted by Gasteiger charge is -2.23. The van der Waals surface area contributed by atoms with Crippen LogP contribution in [0.1, 0.15) is 47.7 Å². The second-order valence-corrected chi connectivity index (χ2v) is 6.87. The van der Waals surface area contributed by atoms with E-state index in [9.17, 15) is 18.0 Å². The predicted octanol–water partition coefficient (Wildman–Crippen LogP) is 2.88. The van der Waals surface area contributed by atoms with Crippen LogP contribution in [0.3, 0.4) is 0 Å². The van der Waals surface area contributed by atoms with Crippen molar-refractivity contribution < 1.29 is 22.7 Å². The monoisotopic (exact) mass is 397 g/mol. The highest BCUT2D eigenvalue weighted by Crippen LogP contribution is 2.22. The number of carbonyl (C=O) groups excluding carboxylic acids is 1. The van der Waals surface area contributed by atoms with E-state index >= 15 is 0 Å². The van der Waals surface area contributed by atoms with Crippen molar-refractivity contribution in [2.45, 2.75) is 38.6 Å². The number of carbonyl (C=O) groups is 1. The molecule has 1 aliphatic heterocycles. The second-order valence-electron chi connectivity index (χ2n) is 6.87. The molecule has 1 saturated heterocycles. The predicted molar refractivity (Wildman–Crippen MR) is 96.1 cm³/mol. The average Bonchev–Trinajstić information content (AvgIpc) is 3.05. The number of nitrogens with one attached hydrogen (secondary N) is 2. The number of nitrogens with zero attached hydrogens (tertiary/aromatic N) is 3. The Bertz CT molecular complexity index is 812. The lowest BCUT2D eigenvalue weighted by Crippen LogP contribution is -2.33. The summed E-state index contributed by atoms with van der Waals surface area (Å²) < 4.78 is 44.8. The molecule has 0 aliphatic carbocycles. The molecule has 7 nitrogen and oxygen atoms in total. The molecular weight excluding hydrogens is 375 g/mol. The molecule has 1 amide bonds. The van der Waals surface area contributed by atoms with E-state index in [1.807, 2.05) is 0 Å². The van der Waals surface area contributed by atoms with Gasteiger partial charge in [0.15, 0.2) is 0 Å². The highest BCUT2D eigenvalue weighted by Gasteiger charge is 2.31. The summed E-state index contributed by atoms with van der Waals surface area (Å²) in [7, 11) is 0. The SMILES string of the molecule is CC(C)c1cc(C(=O)Nc2ccc([C@@H]3CNCCO3)nc2)n(CC(F)(F)F)n1. The van der Waals surface area contributed by atoms with Gasteiger partial charge in [-0.15, -0.1) is 0 Å². The molecular formula is C18H22F3N5O2. The summed E-state index contributed by atoms with van der Waals surface area (Å²) in [6.07, 6.45) is -3.19. The number of pyridine rings is 1. The van der Waals surface area contributed by atoms with E-state index in [2.05, 4.69) is 20.7 Å². The normalized spacial score (nSPS) is 17.7. The molecule has 0 unspecified atom stereocenters. The minimum Gasteiger partial charge on any atom is -0.369 e. The molecule has 0 aromatic carbocycles. The van der Waals surface area contributed by atoms with Crippen LogP contribution in [0.25, 0.3) is 0 Å². The smallest absolute Gasteiger partial charge is 0.369 e. The quantitative estimate of drug-likeness (QED) is 0.811. The van der Waals surface area contributed by atoms with Crippen LogP contribution in [0.15, 0.2) is 24.4 Å². The maximum Gasteiger partial charge on any atom is 0.408 e. The maximum atomic E-state index is 12.8.